The van der Waals surface area contributed by atoms with Crippen LogP contribution in [0.15, 0.2) is 18.2 Å². The zero-order valence-corrected chi connectivity index (χ0v) is 11.3. The van der Waals surface area contributed by atoms with Crippen LogP contribution in [0.1, 0.15) is 12.0 Å². The van der Waals surface area contributed by atoms with Crippen LogP contribution in [0, 0.1) is 0 Å². The molecule has 2 N–H and O–H groups in total. The van der Waals surface area contributed by atoms with Crippen molar-refractivity contribution in [3.05, 3.63) is 23.8 Å². The summed E-state index contributed by atoms with van der Waals surface area (Å²) in [4.78, 5) is 10.6. The van der Waals surface area contributed by atoms with E-state index in [9.17, 15) is 15.0 Å². The van der Waals surface area contributed by atoms with Gasteiger partial charge in [0.1, 0.15) is 22.1 Å². The van der Waals surface area contributed by atoms with Crippen LogP contribution >= 0.6 is 23.2 Å². The maximum atomic E-state index is 11.6. The minimum Gasteiger partial charge on any atom is -0.508 e. The van der Waals surface area contributed by atoms with Crippen molar-refractivity contribution in [1.82, 2.24) is 0 Å². The van der Waals surface area contributed by atoms with Crippen molar-refractivity contribution in [3.63, 3.8) is 0 Å². The van der Waals surface area contributed by atoms with E-state index < -0.39 is 10.9 Å². The van der Waals surface area contributed by atoms with Gasteiger partial charge < -0.3 is 14.9 Å². The molecule has 1 rings (SSSR count). The number of phenols is 1. The van der Waals surface area contributed by atoms with Gasteiger partial charge in [0.25, 0.3) is 0 Å². The Morgan fingerprint density at radius 3 is 2.61 bits per heavy atom. The van der Waals surface area contributed by atoms with Gasteiger partial charge in [0.2, 0.25) is 0 Å². The summed E-state index contributed by atoms with van der Waals surface area (Å²) in [5, 5.41) is 18.8. The van der Waals surface area contributed by atoms with Crippen LogP contribution in [-0.4, -0.2) is 34.0 Å². The predicted octanol–water partition coefficient (Wildman–Crippen LogP) is 2.07. The normalized spacial score (nSPS) is 12.5. The summed E-state index contributed by atoms with van der Waals surface area (Å²) in [6.07, 6.45) is -1.14. The van der Waals surface area contributed by atoms with E-state index in [1.54, 1.807) is 6.07 Å². The predicted molar refractivity (Wildman–Crippen MR) is 69.5 cm³/mol. The van der Waals surface area contributed by atoms with E-state index in [4.69, 9.17) is 27.9 Å². The highest BCUT2D eigenvalue weighted by atomic mass is 35.5. The average Bonchev–Trinajstić information content (AvgIpc) is 2.27. The standard InChI is InChI=1S/C12H14Cl2O4/c1-18-10-4-7(2-8(15)5-10)3-9(16)6-11(17)12(13)14/h2,4-5,11-12,15,17H,3,6H2,1H3. The number of hydrogen-bond acceptors (Lipinski definition) is 4. The van der Waals surface area contributed by atoms with E-state index in [2.05, 4.69) is 0 Å². The lowest BCUT2D eigenvalue weighted by molar-refractivity contribution is -0.120. The first kappa shape index (κ1) is 15.1. The Kier molecular flexibility index (Phi) is 5.72. The van der Waals surface area contributed by atoms with E-state index in [0.717, 1.165) is 0 Å². The average molecular weight is 293 g/mol. The number of benzene rings is 1. The molecule has 0 radical (unpaired) electrons. The molecule has 0 bridgehead atoms. The molecule has 0 aromatic heterocycles. The highest BCUT2D eigenvalue weighted by Gasteiger charge is 2.18. The Labute approximate surface area is 115 Å². The zero-order chi connectivity index (χ0) is 13.7. The van der Waals surface area contributed by atoms with Crippen LogP contribution in [0.3, 0.4) is 0 Å². The van der Waals surface area contributed by atoms with Gasteiger partial charge in [-0.05, 0) is 17.7 Å². The number of phenolic OH excluding ortho intramolecular Hbond substituents is 1. The number of ketones is 1. The molecule has 100 valence electrons. The fourth-order valence-corrected chi connectivity index (χ4v) is 1.66. The van der Waals surface area contributed by atoms with Crippen molar-refractivity contribution in [1.29, 1.82) is 0 Å². The highest BCUT2D eigenvalue weighted by molar-refractivity contribution is 6.44. The molecule has 1 aromatic rings. The van der Waals surface area contributed by atoms with Crippen molar-refractivity contribution in [2.75, 3.05) is 7.11 Å². The van der Waals surface area contributed by atoms with Gasteiger partial charge >= 0.3 is 0 Å². The Morgan fingerprint density at radius 2 is 2.06 bits per heavy atom. The fraction of sp³-hybridized carbons (Fsp3) is 0.417. The lowest BCUT2D eigenvalue weighted by Gasteiger charge is -2.10. The summed E-state index contributed by atoms with van der Waals surface area (Å²) in [5.41, 5.74) is 0.602. The Hall–Kier alpha value is -0.970. The number of aromatic hydroxyl groups is 1. The largest absolute Gasteiger partial charge is 0.508 e. The molecule has 0 heterocycles. The second kappa shape index (κ2) is 6.83. The number of halogens is 2. The summed E-state index contributed by atoms with van der Waals surface area (Å²) >= 11 is 10.9. The van der Waals surface area contributed by atoms with Gasteiger partial charge in [-0.25, -0.2) is 0 Å². The van der Waals surface area contributed by atoms with Crippen LogP contribution < -0.4 is 4.74 Å². The summed E-state index contributed by atoms with van der Waals surface area (Å²) in [6, 6.07) is 4.55. The van der Waals surface area contributed by atoms with Gasteiger partial charge in [-0.2, -0.15) is 0 Å². The maximum Gasteiger partial charge on any atom is 0.139 e. The van der Waals surface area contributed by atoms with Gasteiger partial charge in [0.15, 0.2) is 0 Å². The third-order valence-corrected chi connectivity index (χ3v) is 2.90. The molecule has 1 atom stereocenters. The van der Waals surface area contributed by atoms with Crippen LogP contribution in [0.5, 0.6) is 11.5 Å². The number of rotatable bonds is 6. The first-order chi connectivity index (χ1) is 8.42. The summed E-state index contributed by atoms with van der Waals surface area (Å²) in [5.74, 6) is 0.262. The van der Waals surface area contributed by atoms with Crippen molar-refractivity contribution < 1.29 is 19.7 Å². The van der Waals surface area contributed by atoms with Crippen molar-refractivity contribution in [3.8, 4) is 11.5 Å². The minimum atomic E-state index is -1.08. The lowest BCUT2D eigenvalue weighted by atomic mass is 10.0. The Balaban J connectivity index is 2.67. The third kappa shape index (κ3) is 4.72. The van der Waals surface area contributed by atoms with E-state index in [1.807, 2.05) is 0 Å². The van der Waals surface area contributed by atoms with Crippen LogP contribution in [0.25, 0.3) is 0 Å². The second-order valence-electron chi connectivity index (χ2n) is 3.86. The molecular weight excluding hydrogens is 279 g/mol. The molecular formula is C12H14Cl2O4. The summed E-state index contributed by atoms with van der Waals surface area (Å²) < 4.78 is 4.97. The van der Waals surface area contributed by atoms with Crippen molar-refractivity contribution >= 4 is 29.0 Å². The molecule has 4 nitrogen and oxygen atoms in total. The molecule has 0 aliphatic heterocycles. The zero-order valence-electron chi connectivity index (χ0n) is 9.77. The summed E-state index contributed by atoms with van der Waals surface area (Å²) in [7, 11) is 1.47. The van der Waals surface area contributed by atoms with Gasteiger partial charge in [0, 0.05) is 18.9 Å². The SMILES string of the molecule is COc1cc(O)cc(CC(=O)CC(O)C(Cl)Cl)c1. The molecule has 0 aliphatic rings. The van der Waals surface area contributed by atoms with E-state index >= 15 is 0 Å². The summed E-state index contributed by atoms with van der Waals surface area (Å²) in [6.45, 7) is 0. The Bertz CT molecular complexity index is 421. The van der Waals surface area contributed by atoms with Gasteiger partial charge in [-0.15, -0.1) is 23.2 Å². The van der Waals surface area contributed by atoms with Crippen LogP contribution in [-0.2, 0) is 11.2 Å². The fourth-order valence-electron chi connectivity index (χ4n) is 1.49. The lowest BCUT2D eigenvalue weighted by Crippen LogP contribution is -2.21. The number of alkyl halides is 2. The number of aliphatic hydroxyl groups excluding tert-OH is 1. The molecule has 1 unspecified atom stereocenters. The molecule has 0 spiro atoms. The van der Waals surface area contributed by atoms with E-state index in [1.165, 1.54) is 19.2 Å². The number of hydrogen-bond donors (Lipinski definition) is 2. The van der Waals surface area contributed by atoms with Gasteiger partial charge in [0.05, 0.1) is 13.2 Å². The molecule has 0 saturated heterocycles. The number of carbonyl (C=O) groups excluding carboxylic acids is 1. The molecule has 0 saturated carbocycles. The topological polar surface area (TPSA) is 66.8 Å². The first-order valence-electron chi connectivity index (χ1n) is 5.27. The molecule has 6 heteroatoms. The van der Waals surface area contributed by atoms with Crippen LogP contribution in [0.2, 0.25) is 0 Å². The monoisotopic (exact) mass is 292 g/mol. The van der Waals surface area contributed by atoms with E-state index in [-0.39, 0.29) is 24.4 Å². The van der Waals surface area contributed by atoms with E-state index in [0.29, 0.717) is 11.3 Å². The molecule has 18 heavy (non-hydrogen) atoms. The molecule has 0 fully saturated rings. The quantitative estimate of drug-likeness (QED) is 0.788. The number of methoxy groups -OCH3 is 1. The van der Waals surface area contributed by atoms with Crippen molar-refractivity contribution in [2.24, 2.45) is 0 Å². The highest BCUT2D eigenvalue weighted by Crippen LogP contribution is 2.22. The number of carbonyl (C=O) groups is 1. The first-order valence-corrected chi connectivity index (χ1v) is 6.14. The van der Waals surface area contributed by atoms with Gasteiger partial charge in [-0.3, -0.25) is 4.79 Å². The smallest absolute Gasteiger partial charge is 0.139 e. The second-order valence-corrected chi connectivity index (χ2v) is 5.02. The maximum absolute atomic E-state index is 11.6. The van der Waals surface area contributed by atoms with Crippen molar-refractivity contribution in [2.45, 2.75) is 23.8 Å². The minimum absolute atomic E-state index is 0.0188. The molecule has 0 amide bonds. The molecule has 0 aliphatic carbocycles. The number of aliphatic hydroxyl groups is 1. The van der Waals surface area contributed by atoms with Gasteiger partial charge in [-0.1, -0.05) is 0 Å². The number of ether oxygens (including phenoxy) is 1. The number of Topliss-reactive ketones (excluding diaryl/α,β-unsaturated/α-hetero) is 1. The molecule has 1 aromatic carbocycles. The third-order valence-electron chi connectivity index (χ3n) is 2.32. The van der Waals surface area contributed by atoms with Crippen LogP contribution in [0.4, 0.5) is 0 Å². The Morgan fingerprint density at radius 1 is 1.39 bits per heavy atom.